The number of rotatable bonds is 7. The van der Waals surface area contributed by atoms with E-state index in [4.69, 9.17) is 14.7 Å². The minimum Gasteiger partial charge on any atom is -0.494 e. The molecule has 1 aromatic heterocycles. The molecule has 4 rings (SSSR count). The van der Waals surface area contributed by atoms with Crippen LogP contribution in [0.25, 0.3) is 10.2 Å². The number of para-hydroxylation sites is 1. The molecule has 162 valence electrons. The highest BCUT2D eigenvalue weighted by atomic mass is 32.1. The van der Waals surface area contributed by atoms with Crippen molar-refractivity contribution >= 4 is 45.0 Å². The zero-order valence-corrected chi connectivity index (χ0v) is 19.1. The molecule has 32 heavy (non-hydrogen) atoms. The molecule has 0 aliphatic rings. The number of benzene rings is 3. The lowest BCUT2D eigenvalue weighted by Crippen LogP contribution is -2.18. The number of aromatic nitrogens is 1. The second kappa shape index (κ2) is 10.1. The van der Waals surface area contributed by atoms with Gasteiger partial charge in [-0.1, -0.05) is 24.3 Å². The van der Waals surface area contributed by atoms with Crippen molar-refractivity contribution in [1.29, 1.82) is 0 Å². The summed E-state index contributed by atoms with van der Waals surface area (Å²) in [5.41, 5.74) is 6.97. The Bertz CT molecular complexity index is 1190. The smallest absolute Gasteiger partial charge is 0.183 e. The molecule has 4 aromatic rings. The van der Waals surface area contributed by atoms with Crippen LogP contribution in [0.2, 0.25) is 0 Å². The van der Waals surface area contributed by atoms with Crippen LogP contribution in [0, 0.1) is 0 Å². The van der Waals surface area contributed by atoms with Crippen molar-refractivity contribution in [3.05, 3.63) is 83.4 Å². The minimum atomic E-state index is 0.594. The number of aliphatic imine (C=N–C) groups is 1. The molecule has 1 N–H and O–H groups in total. The molecule has 3 aromatic carbocycles. The average molecular weight is 444 g/mol. The third-order valence-corrected chi connectivity index (χ3v) is 5.72. The van der Waals surface area contributed by atoms with E-state index in [9.17, 15) is 0 Å². The van der Waals surface area contributed by atoms with Gasteiger partial charge in [0.15, 0.2) is 10.8 Å². The molecule has 7 heteroatoms. The Morgan fingerprint density at radius 1 is 1.03 bits per heavy atom. The molecule has 0 unspecified atom stereocenters. The van der Waals surface area contributed by atoms with Crippen molar-refractivity contribution in [2.75, 3.05) is 25.6 Å². The molecule has 0 fully saturated rings. The van der Waals surface area contributed by atoms with E-state index in [1.807, 2.05) is 75.6 Å². The average Bonchev–Trinajstić information content (AvgIpc) is 3.24. The zero-order valence-electron chi connectivity index (χ0n) is 18.3. The third-order valence-electron chi connectivity index (χ3n) is 4.68. The van der Waals surface area contributed by atoms with Gasteiger partial charge >= 0.3 is 0 Å². The van der Waals surface area contributed by atoms with Gasteiger partial charge in [-0.25, -0.2) is 9.98 Å². The number of fused-ring (bicyclic) bond motifs is 1. The molecule has 0 saturated carbocycles. The number of anilines is 1. The summed E-state index contributed by atoms with van der Waals surface area (Å²) in [6.45, 7) is 2.60. The van der Waals surface area contributed by atoms with Crippen molar-refractivity contribution in [1.82, 2.24) is 10.4 Å². The number of amidine groups is 1. The van der Waals surface area contributed by atoms with Crippen LogP contribution >= 0.6 is 11.3 Å². The second-order valence-corrected chi connectivity index (χ2v) is 8.26. The van der Waals surface area contributed by atoms with E-state index in [1.54, 1.807) is 17.6 Å². The van der Waals surface area contributed by atoms with Gasteiger partial charge in [-0.3, -0.25) is 5.43 Å². The maximum Gasteiger partial charge on any atom is 0.183 e. The number of nitrogens with one attached hydrogen (secondary N) is 1. The number of thiazole rings is 1. The summed E-state index contributed by atoms with van der Waals surface area (Å²) in [5.74, 6) is 1.41. The number of hydrazone groups is 1. The number of ether oxygens (including phenoxy) is 1. The predicted octanol–water partition coefficient (Wildman–Crippen LogP) is 5.46. The Morgan fingerprint density at radius 3 is 2.47 bits per heavy atom. The minimum absolute atomic E-state index is 0.594. The summed E-state index contributed by atoms with van der Waals surface area (Å²) in [7, 11) is 4.04. The molecule has 6 nitrogen and oxygen atoms in total. The van der Waals surface area contributed by atoms with Gasteiger partial charge in [0.25, 0.3) is 0 Å². The van der Waals surface area contributed by atoms with Crippen molar-refractivity contribution < 1.29 is 4.74 Å². The van der Waals surface area contributed by atoms with Crippen molar-refractivity contribution in [3.8, 4) is 5.75 Å². The van der Waals surface area contributed by atoms with Gasteiger partial charge in [0.05, 0.1) is 28.7 Å². The van der Waals surface area contributed by atoms with Crippen LogP contribution in [-0.4, -0.2) is 37.7 Å². The van der Waals surface area contributed by atoms with Crippen molar-refractivity contribution in [2.45, 2.75) is 6.92 Å². The third kappa shape index (κ3) is 5.31. The first kappa shape index (κ1) is 21.5. The first-order chi connectivity index (χ1) is 15.6. The van der Waals surface area contributed by atoms with E-state index in [2.05, 4.69) is 33.6 Å². The van der Waals surface area contributed by atoms with Gasteiger partial charge in [-0.05, 0) is 61.0 Å². The van der Waals surface area contributed by atoms with Crippen LogP contribution in [0.5, 0.6) is 5.75 Å². The van der Waals surface area contributed by atoms with Crippen LogP contribution in [0.4, 0.5) is 11.4 Å². The standard InChI is InChI=1S/C25H25N5OS/c1-4-31-21-15-11-19(12-16-21)27-24(25-28-22-7-5-6-8-23(22)32-25)29-26-17-18-9-13-20(14-10-18)30(2)3/h5-17H,4H2,1-3H3,(H,27,29)/b26-17+. The molecule has 0 bridgehead atoms. The summed E-state index contributed by atoms with van der Waals surface area (Å²) in [6.07, 6.45) is 1.78. The number of hydrogen-bond acceptors (Lipinski definition) is 6. The molecule has 0 spiro atoms. The Labute approximate surface area is 191 Å². The van der Waals surface area contributed by atoms with Gasteiger partial charge in [-0.2, -0.15) is 5.10 Å². The normalized spacial score (nSPS) is 11.8. The molecular formula is C25H25N5OS. The zero-order chi connectivity index (χ0) is 22.3. The SMILES string of the molecule is CCOc1ccc(N=C(N/N=C/c2ccc(N(C)C)cc2)c2nc3ccccc3s2)cc1. The summed E-state index contributed by atoms with van der Waals surface area (Å²) >= 11 is 1.58. The van der Waals surface area contributed by atoms with Crippen molar-refractivity contribution in [3.63, 3.8) is 0 Å². The van der Waals surface area contributed by atoms with Gasteiger partial charge in [0.2, 0.25) is 0 Å². The lowest BCUT2D eigenvalue weighted by molar-refractivity contribution is 0.340. The van der Waals surface area contributed by atoms with E-state index >= 15 is 0 Å². The fourth-order valence-electron chi connectivity index (χ4n) is 3.03. The quantitative estimate of drug-likeness (QED) is 0.234. The Hall–Kier alpha value is -3.71. The highest BCUT2D eigenvalue weighted by Crippen LogP contribution is 2.24. The second-order valence-electron chi connectivity index (χ2n) is 7.23. The predicted molar refractivity (Wildman–Crippen MR) is 135 cm³/mol. The molecule has 1 heterocycles. The largest absolute Gasteiger partial charge is 0.494 e. The molecule has 0 aliphatic heterocycles. The Balaban J connectivity index is 1.60. The highest BCUT2D eigenvalue weighted by Gasteiger charge is 2.10. The van der Waals surface area contributed by atoms with Gasteiger partial charge in [0.1, 0.15) is 5.75 Å². The monoisotopic (exact) mass is 443 g/mol. The van der Waals surface area contributed by atoms with E-state index < -0.39 is 0 Å². The first-order valence-electron chi connectivity index (χ1n) is 10.4. The summed E-state index contributed by atoms with van der Waals surface area (Å²) in [5, 5.41) is 5.21. The summed E-state index contributed by atoms with van der Waals surface area (Å²) in [6, 6.07) is 23.9. The molecular weight excluding hydrogens is 418 g/mol. The van der Waals surface area contributed by atoms with Crippen LogP contribution in [0.15, 0.2) is 82.9 Å². The first-order valence-corrected chi connectivity index (χ1v) is 11.2. The lowest BCUT2D eigenvalue weighted by atomic mass is 10.2. The van der Waals surface area contributed by atoms with Gasteiger partial charge in [0, 0.05) is 19.8 Å². The lowest BCUT2D eigenvalue weighted by Gasteiger charge is -2.11. The van der Waals surface area contributed by atoms with Crippen LogP contribution in [-0.2, 0) is 0 Å². The highest BCUT2D eigenvalue weighted by molar-refractivity contribution is 7.20. The van der Waals surface area contributed by atoms with E-state index in [0.717, 1.165) is 37.9 Å². The van der Waals surface area contributed by atoms with Gasteiger partial charge in [-0.15, -0.1) is 11.3 Å². The van der Waals surface area contributed by atoms with Crippen molar-refractivity contribution in [2.24, 2.45) is 10.1 Å². The molecule has 0 amide bonds. The molecule has 0 aliphatic carbocycles. The Morgan fingerprint density at radius 2 is 1.78 bits per heavy atom. The Kier molecular flexibility index (Phi) is 6.77. The maximum absolute atomic E-state index is 5.53. The summed E-state index contributed by atoms with van der Waals surface area (Å²) in [4.78, 5) is 11.6. The van der Waals surface area contributed by atoms with Crippen LogP contribution in [0.1, 0.15) is 17.5 Å². The van der Waals surface area contributed by atoms with E-state index in [-0.39, 0.29) is 0 Å². The molecule has 0 radical (unpaired) electrons. The summed E-state index contributed by atoms with van der Waals surface area (Å²) < 4.78 is 6.63. The fraction of sp³-hybridized carbons (Fsp3) is 0.160. The topological polar surface area (TPSA) is 62.1 Å². The fourth-order valence-corrected chi connectivity index (χ4v) is 3.94. The van der Waals surface area contributed by atoms with Crippen LogP contribution < -0.4 is 15.1 Å². The number of hydrogen-bond donors (Lipinski definition) is 1. The molecule has 0 atom stereocenters. The molecule has 0 saturated heterocycles. The number of nitrogens with zero attached hydrogens (tertiary/aromatic N) is 4. The van der Waals surface area contributed by atoms with E-state index in [0.29, 0.717) is 12.4 Å². The van der Waals surface area contributed by atoms with E-state index in [1.165, 1.54) is 0 Å². The maximum atomic E-state index is 5.53. The van der Waals surface area contributed by atoms with Gasteiger partial charge < -0.3 is 9.64 Å². The van der Waals surface area contributed by atoms with Crippen LogP contribution in [0.3, 0.4) is 0 Å².